The summed E-state index contributed by atoms with van der Waals surface area (Å²) in [6.45, 7) is 1.15. The van der Waals surface area contributed by atoms with E-state index in [2.05, 4.69) is 54.8 Å². The van der Waals surface area contributed by atoms with Crippen LogP contribution in [0.5, 0.6) is 0 Å². The lowest BCUT2D eigenvalue weighted by atomic mass is 10.0. The molecule has 0 bridgehead atoms. The number of benzene rings is 2. The Morgan fingerprint density at radius 1 is 0.596 bits per heavy atom. The summed E-state index contributed by atoms with van der Waals surface area (Å²) in [4.78, 5) is 69.1. The highest BCUT2D eigenvalue weighted by Gasteiger charge is 2.44. The number of carbonyl (C=O) groups is 4. The normalized spacial score (nSPS) is 21.2. The first kappa shape index (κ1) is 33.5. The Balaban J connectivity index is 0.917. The Labute approximate surface area is 300 Å². The smallest absolute Gasteiger partial charge is 0.405 e. The molecule has 270 valence electrons. The summed E-state index contributed by atoms with van der Waals surface area (Å²) in [7, 11) is 0. The maximum absolute atomic E-state index is 13.4. The fourth-order valence-electron chi connectivity index (χ4n) is 7.86. The number of H-pyrrole nitrogens is 2. The molecule has 4 amide bonds. The van der Waals surface area contributed by atoms with Gasteiger partial charge in [-0.2, -0.15) is 0 Å². The molecule has 52 heavy (non-hydrogen) atoms. The fourth-order valence-corrected chi connectivity index (χ4v) is 7.86. The molecule has 2 aromatic carbocycles. The van der Waals surface area contributed by atoms with Gasteiger partial charge in [0.05, 0.1) is 35.9 Å². The number of carbonyl (C=O) groups excluding carboxylic acids is 2. The topological polar surface area (TPSA) is 197 Å². The third-order valence-corrected chi connectivity index (χ3v) is 10.9. The van der Waals surface area contributed by atoms with Crippen LogP contribution in [-0.2, 0) is 9.59 Å². The van der Waals surface area contributed by atoms with E-state index in [0.717, 1.165) is 85.0 Å². The Bertz CT molecular complexity index is 1820. The van der Waals surface area contributed by atoms with Crippen LogP contribution in [0.1, 0.15) is 75.1 Å². The van der Waals surface area contributed by atoms with Crippen LogP contribution in [-0.4, -0.2) is 89.1 Å². The van der Waals surface area contributed by atoms with Gasteiger partial charge in [-0.05, 0) is 85.5 Å². The average molecular weight is 707 g/mol. The van der Waals surface area contributed by atoms with Gasteiger partial charge in [-0.1, -0.05) is 48.5 Å². The summed E-state index contributed by atoms with van der Waals surface area (Å²) < 4.78 is 0. The van der Waals surface area contributed by atoms with Crippen LogP contribution in [0.15, 0.2) is 60.9 Å². The summed E-state index contributed by atoms with van der Waals surface area (Å²) >= 11 is 0. The van der Waals surface area contributed by atoms with Gasteiger partial charge in [0.15, 0.2) is 0 Å². The Hall–Kier alpha value is -5.66. The number of nitrogens with one attached hydrogen (secondary N) is 4. The second kappa shape index (κ2) is 13.8. The number of aromatic amines is 2. The van der Waals surface area contributed by atoms with E-state index in [1.54, 1.807) is 22.2 Å². The fraction of sp³-hybridized carbons (Fsp3) is 0.421. The van der Waals surface area contributed by atoms with Crippen LogP contribution in [0, 0.1) is 11.8 Å². The van der Waals surface area contributed by atoms with Crippen LogP contribution in [0.2, 0.25) is 0 Å². The van der Waals surface area contributed by atoms with Crippen molar-refractivity contribution in [2.75, 3.05) is 13.1 Å². The Kier molecular flexibility index (Phi) is 8.89. The van der Waals surface area contributed by atoms with Crippen molar-refractivity contribution in [1.29, 1.82) is 0 Å². The van der Waals surface area contributed by atoms with Crippen LogP contribution in [0.4, 0.5) is 9.59 Å². The zero-order valence-electron chi connectivity index (χ0n) is 28.6. The molecule has 2 unspecified atom stereocenters. The highest BCUT2D eigenvalue weighted by atomic mass is 16.4. The zero-order valence-corrected chi connectivity index (χ0v) is 28.6. The average Bonchev–Trinajstić information content (AvgIpc) is 3.87. The highest BCUT2D eigenvalue weighted by Crippen LogP contribution is 2.39. The summed E-state index contributed by atoms with van der Waals surface area (Å²) in [6.07, 6.45) is 7.84. The first-order valence-electron chi connectivity index (χ1n) is 18.1. The monoisotopic (exact) mass is 706 g/mol. The maximum atomic E-state index is 13.4. The van der Waals surface area contributed by atoms with Gasteiger partial charge in [-0.15, -0.1) is 0 Å². The van der Waals surface area contributed by atoms with Gasteiger partial charge in [0.2, 0.25) is 11.8 Å². The SMILES string of the molecule is O=C(O)NC(C(=O)N1CCCC1c1ncc(-c2ccc(-c3ccc(-c4cnc([C@@H]5CCCN5C(=O)[C@@H](NC(=O)O)C5CC5)[nH]4)cc3)cc2)[nH]1)C1CC1. The number of amides is 4. The minimum Gasteiger partial charge on any atom is -0.465 e. The molecule has 0 radical (unpaired) electrons. The van der Waals surface area contributed by atoms with Gasteiger partial charge in [-0.25, -0.2) is 19.6 Å². The molecule has 4 aliphatic rings. The molecule has 2 aliphatic heterocycles. The molecule has 4 atom stereocenters. The molecule has 4 heterocycles. The van der Waals surface area contributed by atoms with E-state index in [1.807, 2.05) is 24.3 Å². The zero-order chi connectivity index (χ0) is 35.9. The molecule has 2 aromatic heterocycles. The van der Waals surface area contributed by atoms with E-state index < -0.39 is 24.3 Å². The van der Waals surface area contributed by atoms with E-state index in [9.17, 15) is 29.4 Å². The van der Waals surface area contributed by atoms with Crippen molar-refractivity contribution in [3.63, 3.8) is 0 Å². The summed E-state index contributed by atoms with van der Waals surface area (Å²) in [5, 5.41) is 23.5. The number of nitrogens with zero attached hydrogens (tertiary/aromatic N) is 4. The first-order valence-corrected chi connectivity index (χ1v) is 18.1. The minimum atomic E-state index is -1.17. The molecule has 4 fully saturated rings. The van der Waals surface area contributed by atoms with Crippen molar-refractivity contribution in [1.82, 2.24) is 40.4 Å². The Morgan fingerprint density at radius 2 is 0.962 bits per heavy atom. The van der Waals surface area contributed by atoms with E-state index in [4.69, 9.17) is 0 Å². The number of imidazole rings is 2. The van der Waals surface area contributed by atoms with Crippen LogP contribution in [0.25, 0.3) is 33.6 Å². The van der Waals surface area contributed by atoms with Crippen LogP contribution < -0.4 is 10.6 Å². The molecule has 2 saturated carbocycles. The molecule has 2 saturated heterocycles. The van der Waals surface area contributed by atoms with E-state index in [0.29, 0.717) is 24.7 Å². The second-order valence-corrected chi connectivity index (χ2v) is 14.4. The number of likely N-dealkylation sites (tertiary alicyclic amines) is 2. The van der Waals surface area contributed by atoms with Gasteiger partial charge >= 0.3 is 12.2 Å². The number of hydrogen-bond donors (Lipinski definition) is 6. The number of rotatable bonds is 11. The van der Waals surface area contributed by atoms with Crippen molar-refractivity contribution in [2.45, 2.75) is 75.5 Å². The lowest BCUT2D eigenvalue weighted by Gasteiger charge is -2.28. The predicted molar refractivity (Wildman–Crippen MR) is 190 cm³/mol. The van der Waals surface area contributed by atoms with Gasteiger partial charge < -0.3 is 40.6 Å². The summed E-state index contributed by atoms with van der Waals surface area (Å²) in [5.74, 6) is 1.20. The molecular formula is C38H42N8O6. The van der Waals surface area contributed by atoms with Crippen LogP contribution in [0.3, 0.4) is 0 Å². The third kappa shape index (κ3) is 6.84. The molecule has 0 spiro atoms. The van der Waals surface area contributed by atoms with Crippen molar-refractivity contribution in [3.05, 3.63) is 72.6 Å². The predicted octanol–water partition coefficient (Wildman–Crippen LogP) is 5.55. The number of hydrogen-bond acceptors (Lipinski definition) is 6. The number of carboxylic acid groups (broad SMARTS) is 2. The second-order valence-electron chi connectivity index (χ2n) is 14.4. The summed E-state index contributed by atoms with van der Waals surface area (Å²) in [5.41, 5.74) is 5.71. The lowest BCUT2D eigenvalue weighted by molar-refractivity contribution is -0.135. The van der Waals surface area contributed by atoms with Crippen molar-refractivity contribution in [2.24, 2.45) is 11.8 Å². The van der Waals surface area contributed by atoms with Crippen molar-refractivity contribution >= 4 is 24.0 Å². The molecule has 4 aromatic rings. The molecule has 14 nitrogen and oxygen atoms in total. The summed E-state index contributed by atoms with van der Waals surface area (Å²) in [6, 6.07) is 14.5. The lowest BCUT2D eigenvalue weighted by Crippen LogP contribution is -2.49. The molecule has 2 aliphatic carbocycles. The van der Waals surface area contributed by atoms with Gasteiger partial charge in [-0.3, -0.25) is 9.59 Å². The molecule has 8 rings (SSSR count). The highest BCUT2D eigenvalue weighted by molar-refractivity contribution is 5.87. The molecule has 14 heteroatoms. The molecule has 6 N–H and O–H groups in total. The van der Waals surface area contributed by atoms with E-state index >= 15 is 0 Å². The third-order valence-electron chi connectivity index (χ3n) is 10.9. The van der Waals surface area contributed by atoms with Crippen molar-refractivity contribution < 1.29 is 29.4 Å². The van der Waals surface area contributed by atoms with Gasteiger partial charge in [0.1, 0.15) is 23.7 Å². The Morgan fingerprint density at radius 3 is 1.31 bits per heavy atom. The van der Waals surface area contributed by atoms with E-state index in [1.165, 1.54) is 0 Å². The van der Waals surface area contributed by atoms with Gasteiger partial charge in [0.25, 0.3) is 0 Å². The molecular weight excluding hydrogens is 664 g/mol. The number of aromatic nitrogens is 4. The minimum absolute atomic E-state index is 0.0632. The van der Waals surface area contributed by atoms with Crippen molar-refractivity contribution in [3.8, 4) is 33.6 Å². The standard InChI is InChI=1S/C38H42N8O6/c47-35(31(25-13-14-25)43-37(49)50)45-17-1-3-29(45)33-39-19-27(41-33)23-9-5-21(6-10-23)22-7-11-24(12-8-22)28-20-40-34(42-28)30-4-2-18-46(30)36(48)32(26-15-16-26)44-38(51)52/h5-12,19-20,25-26,29-32,43-44H,1-4,13-18H2,(H,39,41)(H,40,42)(H,49,50)(H,51,52)/t29-,30?,31-,32?/m0/s1. The maximum Gasteiger partial charge on any atom is 0.405 e. The van der Waals surface area contributed by atoms with E-state index in [-0.39, 0.29) is 35.7 Å². The van der Waals surface area contributed by atoms with Crippen LogP contribution >= 0.6 is 0 Å². The van der Waals surface area contributed by atoms with Gasteiger partial charge in [0, 0.05) is 13.1 Å². The largest absolute Gasteiger partial charge is 0.465 e. The first-order chi connectivity index (χ1) is 25.2. The quantitative estimate of drug-likeness (QED) is 0.117.